The summed E-state index contributed by atoms with van der Waals surface area (Å²) in [6.45, 7) is 2.61. The number of carbonyl (C=O) groups is 2. The number of esters is 1. The summed E-state index contributed by atoms with van der Waals surface area (Å²) < 4.78 is 10.3. The number of ether oxygens (including phenoxy) is 2. The summed E-state index contributed by atoms with van der Waals surface area (Å²) in [4.78, 5) is 26.0. The molecule has 5 heteroatoms. The number of nitrogens with zero attached hydrogens (tertiary/aromatic N) is 1. The van der Waals surface area contributed by atoms with Gasteiger partial charge in [-0.05, 0) is 31.5 Å². The van der Waals surface area contributed by atoms with Crippen molar-refractivity contribution in [1.29, 1.82) is 0 Å². The highest BCUT2D eigenvalue weighted by Gasteiger charge is 2.05. The van der Waals surface area contributed by atoms with E-state index in [9.17, 15) is 9.59 Å². The van der Waals surface area contributed by atoms with Crippen LogP contribution in [0, 0.1) is 0 Å². The lowest BCUT2D eigenvalue weighted by molar-refractivity contribution is -0.143. The van der Waals surface area contributed by atoms with Crippen LogP contribution in [-0.4, -0.2) is 25.1 Å². The van der Waals surface area contributed by atoms with Crippen molar-refractivity contribution in [3.63, 3.8) is 0 Å². The van der Waals surface area contributed by atoms with Gasteiger partial charge in [-0.3, -0.25) is 9.59 Å². The molecule has 1 aliphatic rings. The van der Waals surface area contributed by atoms with Crippen LogP contribution in [0.4, 0.5) is 0 Å². The van der Waals surface area contributed by atoms with Crippen LogP contribution in [0.25, 0.3) is 6.08 Å². The predicted octanol–water partition coefficient (Wildman–Crippen LogP) is 0.349. The molecule has 0 atom stereocenters. The molecule has 1 aromatic carbocycles. The van der Waals surface area contributed by atoms with Crippen LogP contribution >= 0.6 is 0 Å². The summed E-state index contributed by atoms with van der Waals surface area (Å²) in [6, 6.07) is 5.28. The second-order valence-electron chi connectivity index (χ2n) is 4.07. The van der Waals surface area contributed by atoms with Crippen LogP contribution in [0.15, 0.2) is 23.2 Å². The average molecular weight is 261 g/mol. The first-order valence-electron chi connectivity index (χ1n) is 6.22. The van der Waals surface area contributed by atoms with Gasteiger partial charge in [-0.2, -0.15) is 0 Å². The summed E-state index contributed by atoms with van der Waals surface area (Å²) >= 11 is 0. The molecule has 1 aliphatic heterocycles. The van der Waals surface area contributed by atoms with E-state index in [-0.39, 0.29) is 11.9 Å². The maximum absolute atomic E-state index is 11.1. The molecule has 0 unspecified atom stereocenters. The van der Waals surface area contributed by atoms with Gasteiger partial charge in [0.15, 0.2) is 0 Å². The van der Waals surface area contributed by atoms with E-state index in [1.54, 1.807) is 25.1 Å². The number of hydrogen-bond donors (Lipinski definition) is 0. The average Bonchev–Trinajstić information content (AvgIpc) is 2.74. The van der Waals surface area contributed by atoms with Crippen molar-refractivity contribution in [3.05, 3.63) is 28.8 Å². The molecule has 0 aliphatic carbocycles. The number of fused-ring (bicyclic) bond motifs is 1. The van der Waals surface area contributed by atoms with Gasteiger partial charge in [-0.15, -0.1) is 0 Å². The van der Waals surface area contributed by atoms with E-state index in [2.05, 4.69) is 4.99 Å². The monoisotopic (exact) mass is 261 g/mol. The Morgan fingerprint density at radius 1 is 1.37 bits per heavy atom. The van der Waals surface area contributed by atoms with E-state index >= 15 is 0 Å². The summed E-state index contributed by atoms with van der Waals surface area (Å²) in [6.07, 6.45) is 2.42. The molecule has 0 radical (unpaired) electrons. The van der Waals surface area contributed by atoms with Gasteiger partial charge < -0.3 is 9.47 Å². The summed E-state index contributed by atoms with van der Waals surface area (Å²) in [5.74, 6) is 0.219. The maximum atomic E-state index is 11.1. The molecule has 0 saturated carbocycles. The zero-order chi connectivity index (χ0) is 13.7. The van der Waals surface area contributed by atoms with E-state index in [0.717, 1.165) is 5.22 Å². The molecule has 0 fully saturated rings. The minimum atomic E-state index is -0.241. The van der Waals surface area contributed by atoms with Crippen LogP contribution in [0.2, 0.25) is 0 Å². The topological polar surface area (TPSA) is 65.0 Å². The number of rotatable bonds is 6. The standard InChI is InChI=1S/C14H15NO4/c1-2-18-14(17)4-3-7-19-11-5-6-12-10(8-11)9-13(16)15-12/h5-6,8-9H,2-4,7H2,1H3. The van der Waals surface area contributed by atoms with Crippen LogP contribution in [-0.2, 0) is 14.3 Å². The fourth-order valence-electron chi connectivity index (χ4n) is 1.76. The first-order valence-corrected chi connectivity index (χ1v) is 6.22. The first kappa shape index (κ1) is 13.3. The zero-order valence-electron chi connectivity index (χ0n) is 10.7. The molecule has 2 rings (SSSR count). The van der Waals surface area contributed by atoms with Crippen molar-refractivity contribution >= 4 is 18.0 Å². The molecule has 0 bridgehead atoms. The molecular formula is C14H15NO4. The lowest BCUT2D eigenvalue weighted by Crippen LogP contribution is -2.20. The first-order chi connectivity index (χ1) is 9.19. The van der Waals surface area contributed by atoms with E-state index in [0.29, 0.717) is 37.2 Å². The third kappa shape index (κ3) is 3.64. The van der Waals surface area contributed by atoms with Crippen LogP contribution < -0.4 is 15.3 Å². The normalized spacial score (nSPS) is 12.4. The Labute approximate surface area is 110 Å². The molecular weight excluding hydrogens is 246 g/mol. The van der Waals surface area contributed by atoms with Gasteiger partial charge >= 0.3 is 5.97 Å². The van der Waals surface area contributed by atoms with Gasteiger partial charge in [0.1, 0.15) is 5.75 Å². The highest BCUT2D eigenvalue weighted by molar-refractivity contribution is 6.06. The second kappa shape index (κ2) is 6.13. The third-order valence-electron chi connectivity index (χ3n) is 2.61. The predicted molar refractivity (Wildman–Crippen MR) is 68.1 cm³/mol. The van der Waals surface area contributed by atoms with Crippen LogP contribution in [0.1, 0.15) is 19.8 Å². The number of benzene rings is 1. The van der Waals surface area contributed by atoms with Crippen molar-refractivity contribution in [2.45, 2.75) is 19.8 Å². The second-order valence-corrected chi connectivity index (χ2v) is 4.07. The van der Waals surface area contributed by atoms with Gasteiger partial charge in [0.2, 0.25) is 0 Å². The van der Waals surface area contributed by atoms with Gasteiger partial charge in [0.25, 0.3) is 5.91 Å². The summed E-state index contributed by atoms with van der Waals surface area (Å²) in [5.41, 5.74) is 0. The Morgan fingerprint density at radius 2 is 2.21 bits per heavy atom. The third-order valence-corrected chi connectivity index (χ3v) is 2.61. The molecule has 0 N–H and O–H groups in total. The Kier molecular flexibility index (Phi) is 4.28. The molecule has 5 nitrogen and oxygen atoms in total. The van der Waals surface area contributed by atoms with Crippen molar-refractivity contribution in [2.75, 3.05) is 13.2 Å². The van der Waals surface area contributed by atoms with E-state index in [4.69, 9.17) is 9.47 Å². The Hall–Kier alpha value is -2.17. The van der Waals surface area contributed by atoms with E-state index in [1.165, 1.54) is 6.08 Å². The molecule has 19 heavy (non-hydrogen) atoms. The smallest absolute Gasteiger partial charge is 0.305 e. The SMILES string of the molecule is CCOC(=O)CCCOc1ccc2c(c1)=CC(=O)N=2. The quantitative estimate of drug-likeness (QED) is 0.547. The van der Waals surface area contributed by atoms with E-state index < -0.39 is 0 Å². The van der Waals surface area contributed by atoms with Gasteiger partial charge in [0, 0.05) is 17.7 Å². The number of carbonyl (C=O) groups excluding carboxylic acids is 2. The van der Waals surface area contributed by atoms with Crippen molar-refractivity contribution < 1.29 is 19.1 Å². The fraction of sp³-hybridized carbons (Fsp3) is 0.357. The van der Waals surface area contributed by atoms with Crippen LogP contribution in [0.5, 0.6) is 5.75 Å². The molecule has 1 amide bonds. The molecule has 0 spiro atoms. The fourth-order valence-corrected chi connectivity index (χ4v) is 1.76. The minimum absolute atomic E-state index is 0.210. The highest BCUT2D eigenvalue weighted by Crippen LogP contribution is 2.06. The number of amides is 1. The lowest BCUT2D eigenvalue weighted by Gasteiger charge is -2.05. The van der Waals surface area contributed by atoms with E-state index in [1.807, 2.05) is 0 Å². The molecule has 100 valence electrons. The van der Waals surface area contributed by atoms with Gasteiger partial charge in [-0.25, -0.2) is 4.99 Å². The summed E-state index contributed by atoms with van der Waals surface area (Å²) in [7, 11) is 0. The lowest BCUT2D eigenvalue weighted by atomic mass is 10.2. The van der Waals surface area contributed by atoms with Crippen molar-refractivity contribution in [3.8, 4) is 5.75 Å². The molecule has 1 aromatic rings. The minimum Gasteiger partial charge on any atom is -0.494 e. The Morgan fingerprint density at radius 3 is 3.00 bits per heavy atom. The Bertz CT molecular complexity index is 606. The molecule has 1 heterocycles. The summed E-state index contributed by atoms with van der Waals surface area (Å²) in [5, 5.41) is 1.44. The van der Waals surface area contributed by atoms with Crippen molar-refractivity contribution in [1.82, 2.24) is 0 Å². The Balaban J connectivity index is 1.84. The van der Waals surface area contributed by atoms with Gasteiger partial charge in [0.05, 0.1) is 18.6 Å². The van der Waals surface area contributed by atoms with Crippen molar-refractivity contribution in [2.24, 2.45) is 4.99 Å². The van der Waals surface area contributed by atoms with Crippen LogP contribution in [0.3, 0.4) is 0 Å². The van der Waals surface area contributed by atoms with Gasteiger partial charge in [-0.1, -0.05) is 0 Å². The zero-order valence-corrected chi connectivity index (χ0v) is 10.7. The maximum Gasteiger partial charge on any atom is 0.305 e. The number of hydrogen-bond acceptors (Lipinski definition) is 4. The molecule has 0 saturated heterocycles. The molecule has 0 aromatic heterocycles. The highest BCUT2D eigenvalue weighted by atomic mass is 16.5. The largest absolute Gasteiger partial charge is 0.494 e.